The molecule has 2 aliphatic heterocycles. The number of carbonyl (C=O) groups is 1. The molecule has 0 bridgehead atoms. The molecule has 0 saturated carbocycles. The lowest BCUT2D eigenvalue weighted by atomic mass is 9.77. The summed E-state index contributed by atoms with van der Waals surface area (Å²) in [5.74, 6) is 1.22. The Morgan fingerprint density at radius 3 is 2.60 bits per heavy atom. The van der Waals surface area contributed by atoms with Gasteiger partial charge in [-0.3, -0.25) is 9.59 Å². The van der Waals surface area contributed by atoms with Gasteiger partial charge in [0.2, 0.25) is 0 Å². The van der Waals surface area contributed by atoms with Gasteiger partial charge in [0, 0.05) is 46.0 Å². The van der Waals surface area contributed by atoms with Gasteiger partial charge in [0.05, 0.1) is 30.1 Å². The molecule has 6 heteroatoms. The molecule has 0 spiro atoms. The van der Waals surface area contributed by atoms with E-state index in [2.05, 4.69) is 27.7 Å². The Hall–Kier alpha value is -2.99. The number of carbonyl (C=O) groups excluding carboxylic acids is 1. The molecule has 0 unspecified atom stereocenters. The minimum absolute atomic E-state index is 0.103. The minimum Gasteiger partial charge on any atom is -0.493 e. The van der Waals surface area contributed by atoms with E-state index in [1.807, 2.05) is 6.07 Å². The molecule has 1 N–H and O–H groups in total. The third-order valence-electron chi connectivity index (χ3n) is 8.40. The van der Waals surface area contributed by atoms with E-state index in [4.69, 9.17) is 9.72 Å². The Balaban J connectivity index is 1.70. The molecule has 3 aromatic rings. The van der Waals surface area contributed by atoms with Crippen LogP contribution < -0.4 is 10.3 Å². The summed E-state index contributed by atoms with van der Waals surface area (Å²) >= 11 is 0. The first-order valence-corrected chi connectivity index (χ1v) is 12.8. The Morgan fingerprint density at radius 1 is 1.11 bits per heavy atom. The number of hydrogen-bond acceptors (Lipinski definition) is 5. The van der Waals surface area contributed by atoms with Crippen molar-refractivity contribution in [2.45, 2.75) is 78.9 Å². The molecule has 0 fully saturated rings. The number of aliphatic hydroxyl groups is 1. The van der Waals surface area contributed by atoms with E-state index < -0.39 is 5.60 Å². The number of Topliss-reactive ketones (excluding diaryl/α,β-unsaturated/α-hetero) is 1. The van der Waals surface area contributed by atoms with Crippen molar-refractivity contribution < 1.29 is 14.6 Å². The second kappa shape index (κ2) is 7.50. The van der Waals surface area contributed by atoms with Crippen molar-refractivity contribution in [2.75, 3.05) is 6.61 Å². The fraction of sp³-hybridized carbons (Fsp3) is 0.483. The number of benzene rings is 1. The minimum atomic E-state index is -1.60. The molecule has 0 saturated heterocycles. The topological polar surface area (TPSA) is 81.4 Å². The predicted molar refractivity (Wildman–Crippen MR) is 135 cm³/mol. The molecule has 35 heavy (non-hydrogen) atoms. The van der Waals surface area contributed by atoms with Crippen molar-refractivity contribution >= 4 is 16.7 Å². The van der Waals surface area contributed by atoms with Crippen molar-refractivity contribution in [1.29, 1.82) is 0 Å². The van der Waals surface area contributed by atoms with Gasteiger partial charge in [-0.2, -0.15) is 0 Å². The number of rotatable bonds is 3. The average molecular weight is 473 g/mol. The third kappa shape index (κ3) is 2.89. The van der Waals surface area contributed by atoms with Gasteiger partial charge >= 0.3 is 0 Å². The molecule has 2 aromatic heterocycles. The zero-order chi connectivity index (χ0) is 24.8. The smallest absolute Gasteiger partial charge is 0.254 e. The van der Waals surface area contributed by atoms with Crippen molar-refractivity contribution in [3.05, 3.63) is 55.4 Å². The zero-order valence-electron chi connectivity index (χ0n) is 21.2. The molecular formula is C29H32N2O4. The lowest BCUT2D eigenvalue weighted by Gasteiger charge is -2.32. The molecule has 182 valence electrons. The van der Waals surface area contributed by atoms with Gasteiger partial charge in [0.15, 0.2) is 5.78 Å². The fourth-order valence-corrected chi connectivity index (χ4v) is 6.56. The number of ketones is 1. The SMILES string of the molecule is CC[C@@]1(O)C(=O)CCc2c1cc1n(c2=O)Cc2c-1nc1c(C)c3c(c(C)c1c2CC(C)C)OCC3. The Morgan fingerprint density at radius 2 is 1.89 bits per heavy atom. The summed E-state index contributed by atoms with van der Waals surface area (Å²) in [6, 6.07) is 1.87. The molecule has 0 radical (unpaired) electrons. The number of nitrogens with zero attached hydrogens (tertiary/aromatic N) is 2. The van der Waals surface area contributed by atoms with E-state index in [0.717, 1.165) is 51.9 Å². The van der Waals surface area contributed by atoms with Gasteiger partial charge in [0.25, 0.3) is 5.56 Å². The highest BCUT2D eigenvalue weighted by atomic mass is 16.5. The van der Waals surface area contributed by atoms with E-state index in [1.165, 1.54) is 11.1 Å². The van der Waals surface area contributed by atoms with E-state index in [1.54, 1.807) is 11.5 Å². The highest BCUT2D eigenvalue weighted by Gasteiger charge is 2.43. The van der Waals surface area contributed by atoms with Gasteiger partial charge in [-0.05, 0) is 56.2 Å². The van der Waals surface area contributed by atoms with Crippen molar-refractivity contribution in [3.8, 4) is 17.1 Å². The van der Waals surface area contributed by atoms with Gasteiger partial charge < -0.3 is 14.4 Å². The summed E-state index contributed by atoms with van der Waals surface area (Å²) in [4.78, 5) is 31.6. The highest BCUT2D eigenvalue weighted by Crippen LogP contribution is 2.45. The van der Waals surface area contributed by atoms with E-state index in [9.17, 15) is 14.7 Å². The molecule has 6 nitrogen and oxygen atoms in total. The maximum absolute atomic E-state index is 13.7. The zero-order valence-corrected chi connectivity index (χ0v) is 21.2. The summed E-state index contributed by atoms with van der Waals surface area (Å²) in [5, 5.41) is 12.5. The molecule has 6 rings (SSSR count). The van der Waals surface area contributed by atoms with E-state index >= 15 is 0 Å². The van der Waals surface area contributed by atoms with Gasteiger partial charge in [-0.1, -0.05) is 20.8 Å². The molecule has 1 aromatic carbocycles. The van der Waals surface area contributed by atoms with Crippen molar-refractivity contribution in [1.82, 2.24) is 9.55 Å². The van der Waals surface area contributed by atoms with Gasteiger partial charge in [0.1, 0.15) is 11.4 Å². The Labute approximate surface area is 205 Å². The Bertz CT molecular complexity index is 1510. The Kier molecular flexibility index (Phi) is 4.82. The van der Waals surface area contributed by atoms with Gasteiger partial charge in [-0.15, -0.1) is 0 Å². The number of fused-ring (bicyclic) bond motifs is 6. The van der Waals surface area contributed by atoms with Crippen LogP contribution in [0.5, 0.6) is 5.75 Å². The van der Waals surface area contributed by atoms with Crippen LogP contribution in [0.15, 0.2) is 10.9 Å². The molecule has 1 aliphatic carbocycles. The average Bonchev–Trinajstić information content (AvgIpc) is 3.46. The molecule has 4 heterocycles. The predicted octanol–water partition coefficient (Wildman–Crippen LogP) is 4.29. The van der Waals surface area contributed by atoms with Crippen LogP contribution in [0.1, 0.15) is 72.6 Å². The largest absolute Gasteiger partial charge is 0.493 e. The van der Waals surface area contributed by atoms with Crippen LogP contribution in [0.2, 0.25) is 0 Å². The monoisotopic (exact) mass is 472 g/mol. The first-order chi connectivity index (χ1) is 16.7. The maximum atomic E-state index is 13.7. The number of pyridine rings is 2. The number of aromatic nitrogens is 2. The summed E-state index contributed by atoms with van der Waals surface area (Å²) < 4.78 is 7.85. The number of aryl methyl sites for hydroxylation is 2. The van der Waals surface area contributed by atoms with Crippen molar-refractivity contribution in [2.24, 2.45) is 5.92 Å². The number of hydrogen-bond donors (Lipinski definition) is 1. The second-order valence-corrected chi connectivity index (χ2v) is 10.8. The summed E-state index contributed by atoms with van der Waals surface area (Å²) in [5.41, 5.74) is 7.66. The normalized spacial score (nSPS) is 20.1. The summed E-state index contributed by atoms with van der Waals surface area (Å²) in [7, 11) is 0. The maximum Gasteiger partial charge on any atom is 0.254 e. The molecule has 1 atom stereocenters. The van der Waals surface area contributed by atoms with Crippen LogP contribution in [0, 0.1) is 19.8 Å². The number of ether oxygens (including phenoxy) is 1. The lowest BCUT2D eigenvalue weighted by Crippen LogP contribution is -2.43. The summed E-state index contributed by atoms with van der Waals surface area (Å²) in [6.07, 6.45) is 2.58. The van der Waals surface area contributed by atoms with Crippen LogP contribution in [-0.2, 0) is 36.2 Å². The first-order valence-electron chi connectivity index (χ1n) is 12.8. The first kappa shape index (κ1) is 22.5. The van der Waals surface area contributed by atoms with Crippen molar-refractivity contribution in [3.63, 3.8) is 0 Å². The quantitative estimate of drug-likeness (QED) is 0.481. The van der Waals surface area contributed by atoms with E-state index in [-0.39, 0.29) is 24.2 Å². The highest BCUT2D eigenvalue weighted by molar-refractivity contribution is 5.96. The van der Waals surface area contributed by atoms with Crippen LogP contribution in [0.4, 0.5) is 0 Å². The third-order valence-corrected chi connectivity index (χ3v) is 8.40. The lowest BCUT2D eigenvalue weighted by molar-refractivity contribution is -0.140. The van der Waals surface area contributed by atoms with Crippen LogP contribution in [0.3, 0.4) is 0 Å². The standard InChI is InChI=1S/C29H32N2O4/c1-6-29(34)21-12-22-26-20(13-31(22)28(33)18(21)7-8-23(29)32)19(11-14(2)3)24-16(5)27-17(9-10-35-27)15(4)25(24)30-26/h12,14,34H,6-11,13H2,1-5H3/t29-/m0/s1. The van der Waals surface area contributed by atoms with Crippen LogP contribution in [-0.4, -0.2) is 27.0 Å². The van der Waals surface area contributed by atoms with E-state index in [0.29, 0.717) is 42.3 Å². The fourth-order valence-electron chi connectivity index (χ4n) is 6.56. The molecular weight excluding hydrogens is 440 g/mol. The molecule has 0 amide bonds. The molecule has 3 aliphatic rings. The van der Waals surface area contributed by atoms with Crippen LogP contribution in [0.25, 0.3) is 22.3 Å². The summed E-state index contributed by atoms with van der Waals surface area (Å²) in [6.45, 7) is 11.6. The van der Waals surface area contributed by atoms with Gasteiger partial charge in [-0.25, -0.2) is 4.98 Å². The second-order valence-electron chi connectivity index (χ2n) is 10.8. The van der Waals surface area contributed by atoms with Crippen LogP contribution >= 0.6 is 0 Å².